The molecule has 3 aromatic rings. The fourth-order valence-electron chi connectivity index (χ4n) is 2.34. The first-order valence-electron chi connectivity index (χ1n) is 8.09. The van der Waals surface area contributed by atoms with Crippen LogP contribution in [0.2, 0.25) is 5.02 Å². The topological polar surface area (TPSA) is 97.0 Å². The molecule has 0 aliphatic rings. The Morgan fingerprint density at radius 1 is 1.33 bits per heavy atom. The second kappa shape index (κ2) is 8.41. The van der Waals surface area contributed by atoms with E-state index >= 15 is 0 Å². The van der Waals surface area contributed by atoms with E-state index in [-0.39, 0.29) is 11.2 Å². The number of methoxy groups -OCH3 is 1. The van der Waals surface area contributed by atoms with E-state index in [2.05, 4.69) is 25.0 Å². The van der Waals surface area contributed by atoms with Crippen molar-refractivity contribution >= 4 is 46.4 Å². The number of pyridine rings is 1. The number of ether oxygens (including phenoxy) is 1. The zero-order chi connectivity index (χ0) is 19.4. The number of esters is 1. The number of benzene rings is 1. The van der Waals surface area contributed by atoms with Gasteiger partial charge in [-0.05, 0) is 30.7 Å². The minimum absolute atomic E-state index is 0.122. The monoisotopic (exact) mass is 404 g/mol. The van der Waals surface area contributed by atoms with Gasteiger partial charge in [-0.3, -0.25) is 4.79 Å². The third-order valence-corrected chi connectivity index (χ3v) is 4.97. The number of carbonyl (C=O) groups is 2. The van der Waals surface area contributed by atoms with Gasteiger partial charge in [0.2, 0.25) is 5.91 Å². The number of carbonyl (C=O) groups excluding carboxylic acids is 2. The highest BCUT2D eigenvalue weighted by molar-refractivity contribution is 8.00. The van der Waals surface area contributed by atoms with Gasteiger partial charge in [0.1, 0.15) is 0 Å². The van der Waals surface area contributed by atoms with Gasteiger partial charge in [0, 0.05) is 12.7 Å². The van der Waals surface area contributed by atoms with Crippen molar-refractivity contribution in [3.8, 4) is 0 Å². The second-order valence-corrected chi connectivity index (χ2v) is 7.50. The normalized spacial score (nSPS) is 12.0. The summed E-state index contributed by atoms with van der Waals surface area (Å²) in [5.41, 5.74) is 2.63. The van der Waals surface area contributed by atoms with Crippen molar-refractivity contribution in [1.82, 2.24) is 20.3 Å². The van der Waals surface area contributed by atoms with Crippen LogP contribution in [0.5, 0.6) is 0 Å². The fraction of sp³-hybridized carbons (Fsp3) is 0.222. The van der Waals surface area contributed by atoms with Crippen LogP contribution < -0.4 is 5.32 Å². The summed E-state index contributed by atoms with van der Waals surface area (Å²) in [6, 6.07) is 8.62. The zero-order valence-electron chi connectivity index (χ0n) is 14.7. The predicted molar refractivity (Wildman–Crippen MR) is 104 cm³/mol. The number of hydrogen-bond donors (Lipinski definition) is 2. The van der Waals surface area contributed by atoms with Crippen molar-refractivity contribution in [2.75, 3.05) is 7.11 Å². The molecule has 0 aliphatic carbocycles. The van der Waals surface area contributed by atoms with Crippen molar-refractivity contribution in [3.05, 3.63) is 52.7 Å². The third kappa shape index (κ3) is 4.78. The summed E-state index contributed by atoms with van der Waals surface area (Å²) < 4.78 is 4.66. The van der Waals surface area contributed by atoms with E-state index in [1.54, 1.807) is 37.3 Å². The number of nitrogens with one attached hydrogen (secondary N) is 2. The number of nitrogens with zero attached hydrogens (tertiary/aromatic N) is 2. The maximum absolute atomic E-state index is 12.3. The fourth-order valence-corrected chi connectivity index (χ4v) is 3.33. The van der Waals surface area contributed by atoms with E-state index in [1.165, 1.54) is 25.1 Å². The van der Waals surface area contributed by atoms with Gasteiger partial charge in [-0.25, -0.2) is 14.8 Å². The van der Waals surface area contributed by atoms with Crippen LogP contribution >= 0.6 is 23.4 Å². The lowest BCUT2D eigenvalue weighted by molar-refractivity contribution is -0.120. The molecule has 2 N–H and O–H groups in total. The van der Waals surface area contributed by atoms with Crippen molar-refractivity contribution in [1.29, 1.82) is 0 Å². The number of thioether (sulfide) groups is 1. The van der Waals surface area contributed by atoms with Gasteiger partial charge in [-0.15, -0.1) is 0 Å². The Hall–Kier alpha value is -2.58. The maximum atomic E-state index is 12.3. The Balaban J connectivity index is 1.56. The lowest BCUT2D eigenvalue weighted by atomic mass is 10.1. The molecule has 7 nitrogen and oxygen atoms in total. The van der Waals surface area contributed by atoms with E-state index in [0.717, 1.165) is 11.1 Å². The van der Waals surface area contributed by atoms with Gasteiger partial charge in [-0.2, -0.15) is 0 Å². The molecule has 0 saturated carbocycles. The quantitative estimate of drug-likeness (QED) is 0.483. The highest BCUT2D eigenvalue weighted by atomic mass is 35.5. The van der Waals surface area contributed by atoms with Crippen LogP contribution in [0.25, 0.3) is 11.2 Å². The van der Waals surface area contributed by atoms with Gasteiger partial charge in [0.15, 0.2) is 10.8 Å². The molecule has 1 amide bonds. The van der Waals surface area contributed by atoms with E-state index in [0.29, 0.717) is 27.9 Å². The van der Waals surface area contributed by atoms with Crippen molar-refractivity contribution in [3.63, 3.8) is 0 Å². The molecule has 1 atom stereocenters. The second-order valence-electron chi connectivity index (χ2n) is 5.73. The summed E-state index contributed by atoms with van der Waals surface area (Å²) in [4.78, 5) is 35.3. The smallest absolute Gasteiger partial charge is 0.337 e. The Labute approximate surface area is 164 Å². The molecule has 2 aromatic heterocycles. The lowest BCUT2D eigenvalue weighted by Crippen LogP contribution is -2.30. The van der Waals surface area contributed by atoms with E-state index in [1.807, 2.05) is 0 Å². The summed E-state index contributed by atoms with van der Waals surface area (Å²) in [6.07, 6.45) is 1.53. The van der Waals surface area contributed by atoms with Gasteiger partial charge < -0.3 is 15.0 Å². The molecular formula is C18H17ClN4O3S. The molecule has 9 heteroatoms. The number of imidazole rings is 1. The minimum atomic E-state index is -0.391. The van der Waals surface area contributed by atoms with Crippen LogP contribution in [0.1, 0.15) is 22.8 Å². The number of halogens is 1. The Morgan fingerprint density at radius 2 is 2.07 bits per heavy atom. The Kier molecular flexibility index (Phi) is 5.98. The van der Waals surface area contributed by atoms with Crippen molar-refractivity contribution in [2.24, 2.45) is 0 Å². The molecule has 0 aliphatic heterocycles. The number of fused-ring (bicyclic) bond motifs is 1. The van der Waals surface area contributed by atoms with E-state index in [9.17, 15) is 9.59 Å². The molecular weight excluding hydrogens is 388 g/mol. The average molecular weight is 405 g/mol. The maximum Gasteiger partial charge on any atom is 0.337 e. The summed E-state index contributed by atoms with van der Waals surface area (Å²) in [5, 5.41) is 3.64. The predicted octanol–water partition coefficient (Wildman–Crippen LogP) is 3.19. The first-order chi connectivity index (χ1) is 13.0. The van der Waals surface area contributed by atoms with Crippen LogP contribution in [-0.2, 0) is 16.1 Å². The van der Waals surface area contributed by atoms with Crippen LogP contribution in [0.4, 0.5) is 0 Å². The Bertz CT molecular complexity index is 974. The molecule has 2 heterocycles. The van der Waals surface area contributed by atoms with Crippen molar-refractivity contribution < 1.29 is 14.3 Å². The molecule has 1 aromatic carbocycles. The third-order valence-electron chi connectivity index (χ3n) is 3.78. The largest absolute Gasteiger partial charge is 0.465 e. The first kappa shape index (κ1) is 19.2. The van der Waals surface area contributed by atoms with Gasteiger partial charge >= 0.3 is 5.97 Å². The highest BCUT2D eigenvalue weighted by Crippen LogP contribution is 2.24. The molecule has 0 bridgehead atoms. The number of H-pyrrole nitrogens is 1. The molecule has 0 radical (unpaired) electrons. The zero-order valence-corrected chi connectivity index (χ0v) is 16.2. The lowest BCUT2D eigenvalue weighted by Gasteiger charge is -2.10. The van der Waals surface area contributed by atoms with Gasteiger partial charge in [0.25, 0.3) is 0 Å². The SMILES string of the molecule is COC(=O)c1ccc(CNC(=O)[C@H](C)Sc2nc3ncc(Cl)cc3[nH]2)cc1. The molecule has 0 spiro atoms. The van der Waals surface area contributed by atoms with E-state index < -0.39 is 5.97 Å². The molecule has 0 unspecified atom stereocenters. The average Bonchev–Trinajstić information content (AvgIpc) is 3.07. The van der Waals surface area contributed by atoms with Gasteiger partial charge in [-0.1, -0.05) is 35.5 Å². The molecule has 0 saturated heterocycles. The minimum Gasteiger partial charge on any atom is -0.465 e. The van der Waals surface area contributed by atoms with Gasteiger partial charge in [0.05, 0.1) is 28.5 Å². The number of hydrogen-bond acceptors (Lipinski definition) is 6. The first-order valence-corrected chi connectivity index (χ1v) is 9.35. The van der Waals surface area contributed by atoms with Crippen LogP contribution in [0, 0.1) is 0 Å². The highest BCUT2D eigenvalue weighted by Gasteiger charge is 2.17. The van der Waals surface area contributed by atoms with Crippen LogP contribution in [-0.4, -0.2) is 39.2 Å². The Morgan fingerprint density at radius 3 is 2.78 bits per heavy atom. The molecule has 27 heavy (non-hydrogen) atoms. The van der Waals surface area contributed by atoms with Crippen LogP contribution in [0.3, 0.4) is 0 Å². The van der Waals surface area contributed by atoms with E-state index in [4.69, 9.17) is 11.6 Å². The molecule has 3 rings (SSSR count). The molecule has 0 fully saturated rings. The standard InChI is InChI=1S/C18H17ClN4O3S/c1-10(27-18-22-14-7-13(19)9-20-15(14)23-18)16(24)21-8-11-3-5-12(6-4-11)17(25)26-2/h3-7,9-10H,8H2,1-2H3,(H,21,24)(H,20,22,23)/t10-/m0/s1. The number of amides is 1. The summed E-state index contributed by atoms with van der Waals surface area (Å²) in [7, 11) is 1.34. The summed E-state index contributed by atoms with van der Waals surface area (Å²) >= 11 is 7.22. The summed E-state index contributed by atoms with van der Waals surface area (Å²) in [5.74, 6) is -0.513. The van der Waals surface area contributed by atoms with Crippen LogP contribution in [0.15, 0.2) is 41.7 Å². The summed E-state index contributed by atoms with van der Waals surface area (Å²) in [6.45, 7) is 2.16. The number of aromatic nitrogens is 3. The van der Waals surface area contributed by atoms with Crippen molar-refractivity contribution in [2.45, 2.75) is 23.9 Å². The number of rotatable bonds is 6. The molecule has 140 valence electrons. The number of aromatic amines is 1.